The molecule has 0 fully saturated rings. The normalized spacial score (nSPS) is 11.6. The predicted molar refractivity (Wildman–Crippen MR) is 42.6 cm³/mol. The summed E-state index contributed by atoms with van der Waals surface area (Å²) in [6.07, 6.45) is -4.78. The molecule has 0 atom stereocenters. The highest BCUT2D eigenvalue weighted by Gasteiger charge is 2.31. The number of aryl methyl sites for hydroxylation is 1. The van der Waals surface area contributed by atoms with Crippen molar-refractivity contribution < 1.29 is 22.3 Å². The molecule has 0 aliphatic heterocycles. The van der Waals surface area contributed by atoms with Crippen molar-refractivity contribution in [3.05, 3.63) is 29.1 Å². The minimum atomic E-state index is -4.78. The van der Waals surface area contributed by atoms with Crippen molar-refractivity contribution in [2.75, 3.05) is 0 Å². The quantitative estimate of drug-likeness (QED) is 0.643. The van der Waals surface area contributed by atoms with Crippen LogP contribution in [-0.2, 0) is 0 Å². The Morgan fingerprint density at radius 1 is 1.14 bits per heavy atom. The van der Waals surface area contributed by atoms with E-state index in [1.165, 1.54) is 13.8 Å². The van der Waals surface area contributed by atoms with Gasteiger partial charge >= 0.3 is 6.36 Å². The number of hydrogen-bond donors (Lipinski definition) is 0. The van der Waals surface area contributed by atoms with E-state index in [0.29, 0.717) is 11.1 Å². The second kappa shape index (κ2) is 3.48. The molecule has 0 amide bonds. The zero-order valence-electron chi connectivity index (χ0n) is 7.57. The minimum absolute atomic E-state index is 0.319. The number of alkyl halides is 3. The van der Waals surface area contributed by atoms with Crippen LogP contribution in [0.3, 0.4) is 0 Å². The second-order valence-electron chi connectivity index (χ2n) is 2.89. The highest BCUT2D eigenvalue weighted by molar-refractivity contribution is 5.35. The van der Waals surface area contributed by atoms with E-state index in [2.05, 4.69) is 4.74 Å². The summed E-state index contributed by atoms with van der Waals surface area (Å²) >= 11 is 0. The zero-order chi connectivity index (χ0) is 10.9. The molecule has 1 aromatic carbocycles. The fourth-order valence-corrected chi connectivity index (χ4v) is 0.977. The van der Waals surface area contributed by atoms with Gasteiger partial charge in [-0.25, -0.2) is 4.39 Å². The smallest absolute Gasteiger partial charge is 0.406 e. The SMILES string of the molecule is Cc1cc(OC(F)(F)F)cc(F)c1C. The van der Waals surface area contributed by atoms with Crippen LogP contribution in [0, 0.1) is 19.7 Å². The summed E-state index contributed by atoms with van der Waals surface area (Å²) < 4.78 is 51.8. The summed E-state index contributed by atoms with van der Waals surface area (Å²) in [5.41, 5.74) is 0.740. The van der Waals surface area contributed by atoms with E-state index >= 15 is 0 Å². The van der Waals surface area contributed by atoms with Crippen LogP contribution in [0.2, 0.25) is 0 Å². The molecule has 0 radical (unpaired) electrons. The van der Waals surface area contributed by atoms with Gasteiger partial charge in [-0.05, 0) is 31.0 Å². The molecule has 1 aromatic rings. The average molecular weight is 208 g/mol. The Bertz CT molecular complexity index is 320. The van der Waals surface area contributed by atoms with Crippen LogP contribution in [0.5, 0.6) is 5.75 Å². The number of benzene rings is 1. The lowest BCUT2D eigenvalue weighted by molar-refractivity contribution is -0.274. The van der Waals surface area contributed by atoms with Crippen molar-refractivity contribution in [2.24, 2.45) is 0 Å². The van der Waals surface area contributed by atoms with E-state index in [4.69, 9.17) is 0 Å². The van der Waals surface area contributed by atoms with Crippen LogP contribution in [0.25, 0.3) is 0 Å². The molecule has 0 saturated heterocycles. The van der Waals surface area contributed by atoms with Gasteiger partial charge in [-0.3, -0.25) is 0 Å². The first-order valence-electron chi connectivity index (χ1n) is 3.82. The van der Waals surface area contributed by atoms with Gasteiger partial charge in [0.2, 0.25) is 0 Å². The molecular formula is C9H8F4O. The van der Waals surface area contributed by atoms with E-state index in [9.17, 15) is 17.6 Å². The summed E-state index contributed by atoms with van der Waals surface area (Å²) in [5.74, 6) is -1.23. The Morgan fingerprint density at radius 2 is 1.71 bits per heavy atom. The molecule has 1 nitrogen and oxygen atoms in total. The maximum atomic E-state index is 13.0. The third-order valence-electron chi connectivity index (χ3n) is 1.81. The van der Waals surface area contributed by atoms with Crippen LogP contribution in [-0.4, -0.2) is 6.36 Å². The van der Waals surface area contributed by atoms with Crippen LogP contribution in [0.1, 0.15) is 11.1 Å². The number of halogens is 4. The molecule has 0 unspecified atom stereocenters. The third kappa shape index (κ3) is 2.61. The van der Waals surface area contributed by atoms with Crippen LogP contribution in [0.15, 0.2) is 12.1 Å². The predicted octanol–water partition coefficient (Wildman–Crippen LogP) is 3.34. The van der Waals surface area contributed by atoms with E-state index in [-0.39, 0.29) is 0 Å². The number of ether oxygens (including phenoxy) is 1. The highest BCUT2D eigenvalue weighted by Crippen LogP contribution is 2.26. The van der Waals surface area contributed by atoms with Crippen molar-refractivity contribution >= 4 is 0 Å². The van der Waals surface area contributed by atoms with Gasteiger partial charge in [-0.2, -0.15) is 0 Å². The monoisotopic (exact) mass is 208 g/mol. The first-order valence-corrected chi connectivity index (χ1v) is 3.82. The summed E-state index contributed by atoms with van der Waals surface area (Å²) in [7, 11) is 0. The standard InChI is InChI=1S/C9H8F4O/c1-5-3-7(14-9(11,12)13)4-8(10)6(5)2/h3-4H,1-2H3. The van der Waals surface area contributed by atoms with Gasteiger partial charge in [0.15, 0.2) is 0 Å². The van der Waals surface area contributed by atoms with Gasteiger partial charge in [0.25, 0.3) is 0 Å². The lowest BCUT2D eigenvalue weighted by Gasteiger charge is -2.10. The molecule has 14 heavy (non-hydrogen) atoms. The molecule has 0 heterocycles. The first kappa shape index (κ1) is 10.8. The Labute approximate surface area is 78.3 Å². The molecule has 0 bridgehead atoms. The first-order chi connectivity index (χ1) is 6.29. The van der Waals surface area contributed by atoms with Crippen LogP contribution < -0.4 is 4.74 Å². The molecule has 0 aromatic heterocycles. The molecular weight excluding hydrogens is 200 g/mol. The van der Waals surface area contributed by atoms with Crippen molar-refractivity contribution in [3.63, 3.8) is 0 Å². The van der Waals surface area contributed by atoms with E-state index < -0.39 is 17.9 Å². The molecule has 5 heteroatoms. The lowest BCUT2D eigenvalue weighted by Crippen LogP contribution is -2.17. The fraction of sp³-hybridized carbons (Fsp3) is 0.333. The number of rotatable bonds is 1. The number of hydrogen-bond acceptors (Lipinski definition) is 1. The Balaban J connectivity index is 3.02. The summed E-state index contributed by atoms with van der Waals surface area (Å²) in [5, 5.41) is 0. The summed E-state index contributed by atoms with van der Waals surface area (Å²) in [6, 6.07) is 1.86. The second-order valence-corrected chi connectivity index (χ2v) is 2.89. The van der Waals surface area contributed by atoms with E-state index in [1.54, 1.807) is 0 Å². The molecule has 78 valence electrons. The van der Waals surface area contributed by atoms with Crippen molar-refractivity contribution in [3.8, 4) is 5.75 Å². The van der Waals surface area contributed by atoms with Crippen molar-refractivity contribution in [1.82, 2.24) is 0 Å². The van der Waals surface area contributed by atoms with Gasteiger partial charge in [0.05, 0.1) is 0 Å². The largest absolute Gasteiger partial charge is 0.573 e. The van der Waals surface area contributed by atoms with Crippen LogP contribution >= 0.6 is 0 Å². The zero-order valence-corrected chi connectivity index (χ0v) is 7.57. The Morgan fingerprint density at radius 3 is 2.14 bits per heavy atom. The van der Waals surface area contributed by atoms with Crippen molar-refractivity contribution in [1.29, 1.82) is 0 Å². The summed E-state index contributed by atoms with van der Waals surface area (Å²) in [4.78, 5) is 0. The molecule has 0 aliphatic rings. The third-order valence-corrected chi connectivity index (χ3v) is 1.81. The topological polar surface area (TPSA) is 9.23 Å². The van der Waals surface area contributed by atoms with Crippen LogP contribution in [0.4, 0.5) is 17.6 Å². The average Bonchev–Trinajstić information content (AvgIpc) is 1.96. The molecule has 1 rings (SSSR count). The van der Waals surface area contributed by atoms with E-state index in [1.807, 2.05) is 0 Å². The van der Waals surface area contributed by atoms with Gasteiger partial charge in [-0.15, -0.1) is 13.2 Å². The Kier molecular flexibility index (Phi) is 2.69. The van der Waals surface area contributed by atoms with Gasteiger partial charge < -0.3 is 4.74 Å². The Hall–Kier alpha value is -1.26. The maximum absolute atomic E-state index is 13.0. The van der Waals surface area contributed by atoms with Gasteiger partial charge in [-0.1, -0.05) is 0 Å². The molecule has 0 N–H and O–H groups in total. The molecule has 0 aliphatic carbocycles. The fourth-order valence-electron chi connectivity index (χ4n) is 0.977. The minimum Gasteiger partial charge on any atom is -0.406 e. The maximum Gasteiger partial charge on any atom is 0.573 e. The summed E-state index contributed by atoms with van der Waals surface area (Å²) in [6.45, 7) is 3.00. The lowest BCUT2D eigenvalue weighted by atomic mass is 10.1. The van der Waals surface area contributed by atoms with Gasteiger partial charge in [0.1, 0.15) is 11.6 Å². The highest BCUT2D eigenvalue weighted by atomic mass is 19.4. The van der Waals surface area contributed by atoms with Gasteiger partial charge in [0, 0.05) is 6.07 Å². The molecule has 0 spiro atoms. The van der Waals surface area contributed by atoms with E-state index in [0.717, 1.165) is 12.1 Å². The molecule has 0 saturated carbocycles. The van der Waals surface area contributed by atoms with Crippen molar-refractivity contribution in [2.45, 2.75) is 20.2 Å².